The summed E-state index contributed by atoms with van der Waals surface area (Å²) >= 11 is 1.02. The number of ether oxygens (including phenoxy) is 1. The molecule has 0 radical (unpaired) electrons. The predicted octanol–water partition coefficient (Wildman–Crippen LogP) is 4.80. The monoisotopic (exact) mass is 407 g/mol. The van der Waals surface area contributed by atoms with Crippen LogP contribution in [0.15, 0.2) is 52.4 Å². The van der Waals surface area contributed by atoms with E-state index in [9.17, 15) is 18.0 Å². The van der Waals surface area contributed by atoms with Gasteiger partial charge >= 0.3 is 12.2 Å². The molecule has 2 heterocycles. The third-order valence-corrected chi connectivity index (χ3v) is 5.51. The molecular formula is C19H16F3N3O2S. The van der Waals surface area contributed by atoms with Crippen LogP contribution in [-0.2, 0) is 5.66 Å². The van der Waals surface area contributed by atoms with E-state index in [1.54, 1.807) is 37.3 Å². The minimum atomic E-state index is -4.82. The number of aryl methyl sites for hydroxylation is 1. The lowest BCUT2D eigenvalue weighted by Gasteiger charge is -2.38. The van der Waals surface area contributed by atoms with Crippen LogP contribution < -0.4 is 15.0 Å². The lowest BCUT2D eigenvalue weighted by atomic mass is 9.97. The minimum Gasteiger partial charge on any atom is -0.494 e. The average molecular weight is 407 g/mol. The minimum absolute atomic E-state index is 0.0229. The summed E-state index contributed by atoms with van der Waals surface area (Å²) in [7, 11) is 0. The first-order valence-corrected chi connectivity index (χ1v) is 9.37. The number of nitrogens with zero attached hydrogens (tertiary/aromatic N) is 2. The van der Waals surface area contributed by atoms with Crippen molar-refractivity contribution >= 4 is 28.6 Å². The highest BCUT2D eigenvalue weighted by Crippen LogP contribution is 2.49. The molecule has 0 fully saturated rings. The van der Waals surface area contributed by atoms with Gasteiger partial charge in [0.05, 0.1) is 12.3 Å². The van der Waals surface area contributed by atoms with Crippen molar-refractivity contribution in [3.8, 4) is 5.75 Å². The Kier molecular flexibility index (Phi) is 4.29. The molecule has 0 aromatic heterocycles. The molecule has 2 amide bonds. The molecule has 2 aromatic rings. The average Bonchev–Trinajstić information content (AvgIpc) is 2.99. The number of amides is 2. The number of amidine groups is 1. The SMILES string of the molecule is CCOc1ccc2c(c1)SC1=N[C@](c3ccc(C)cc3)(C(F)(F)F)NC(=O)N12. The highest BCUT2D eigenvalue weighted by Gasteiger charge is 2.61. The lowest BCUT2D eigenvalue weighted by molar-refractivity contribution is -0.195. The number of urea groups is 1. The molecule has 28 heavy (non-hydrogen) atoms. The Bertz CT molecular complexity index is 975. The van der Waals surface area contributed by atoms with Crippen LogP contribution in [0.1, 0.15) is 18.1 Å². The molecule has 2 aromatic carbocycles. The number of thioether (sulfide) groups is 1. The lowest BCUT2D eigenvalue weighted by Crippen LogP contribution is -2.62. The van der Waals surface area contributed by atoms with Gasteiger partial charge in [-0.3, -0.25) is 0 Å². The van der Waals surface area contributed by atoms with Crippen molar-refractivity contribution in [2.45, 2.75) is 30.6 Å². The van der Waals surface area contributed by atoms with E-state index in [0.717, 1.165) is 22.2 Å². The Balaban J connectivity index is 1.83. The highest BCUT2D eigenvalue weighted by atomic mass is 32.2. The van der Waals surface area contributed by atoms with E-state index in [4.69, 9.17) is 4.74 Å². The number of benzene rings is 2. The third kappa shape index (κ3) is 2.81. The summed E-state index contributed by atoms with van der Waals surface area (Å²) in [5, 5.41) is 2.06. The largest absolute Gasteiger partial charge is 0.494 e. The molecule has 0 saturated heterocycles. The standard InChI is InChI=1S/C19H16F3N3O2S/c1-3-27-13-8-9-14-15(10-13)28-17-24-18(19(20,21)22,23-16(26)25(14)17)12-6-4-11(2)5-7-12/h4-10H,3H2,1-2H3,(H,23,26)/t18-/m1/s1. The van der Waals surface area contributed by atoms with E-state index in [0.29, 0.717) is 22.9 Å². The van der Waals surface area contributed by atoms with Gasteiger partial charge in [0.1, 0.15) is 5.75 Å². The number of fused-ring (bicyclic) bond motifs is 3. The van der Waals surface area contributed by atoms with Crippen LogP contribution in [-0.4, -0.2) is 24.0 Å². The van der Waals surface area contributed by atoms with Gasteiger partial charge in [0.25, 0.3) is 5.66 Å². The molecule has 1 atom stereocenters. The molecule has 4 rings (SSSR count). The fraction of sp³-hybridized carbons (Fsp3) is 0.263. The van der Waals surface area contributed by atoms with Gasteiger partial charge in [-0.15, -0.1) is 0 Å². The molecule has 1 N–H and O–H groups in total. The fourth-order valence-electron chi connectivity index (χ4n) is 3.14. The first-order valence-electron chi connectivity index (χ1n) is 8.56. The fourth-order valence-corrected chi connectivity index (χ4v) is 4.24. The van der Waals surface area contributed by atoms with Crippen LogP contribution >= 0.6 is 11.8 Å². The number of alkyl halides is 3. The number of hydrogen-bond acceptors (Lipinski definition) is 4. The second-order valence-electron chi connectivity index (χ2n) is 6.40. The van der Waals surface area contributed by atoms with Gasteiger partial charge in [-0.05, 0) is 43.8 Å². The molecule has 2 aliphatic rings. The van der Waals surface area contributed by atoms with Gasteiger partial charge in [0.2, 0.25) is 0 Å². The molecule has 9 heteroatoms. The maximum absolute atomic E-state index is 14.1. The van der Waals surface area contributed by atoms with Crippen molar-refractivity contribution in [2.24, 2.45) is 4.99 Å². The third-order valence-electron chi connectivity index (χ3n) is 4.51. The van der Waals surface area contributed by atoms with Crippen LogP contribution in [0.25, 0.3) is 0 Å². The molecule has 0 spiro atoms. The summed E-state index contributed by atoms with van der Waals surface area (Å²) in [6, 6.07) is 9.92. The van der Waals surface area contributed by atoms with Gasteiger partial charge < -0.3 is 10.1 Å². The smallest absolute Gasteiger partial charge is 0.436 e. The van der Waals surface area contributed by atoms with Gasteiger partial charge in [0, 0.05) is 10.5 Å². The van der Waals surface area contributed by atoms with E-state index in [2.05, 4.69) is 10.3 Å². The van der Waals surface area contributed by atoms with Crippen molar-refractivity contribution in [1.29, 1.82) is 0 Å². The molecule has 2 aliphatic heterocycles. The Hall–Kier alpha value is -2.68. The van der Waals surface area contributed by atoms with Crippen molar-refractivity contribution in [2.75, 3.05) is 11.5 Å². The normalized spacial score (nSPS) is 21.0. The number of carbonyl (C=O) groups excluding carboxylic acids is 1. The van der Waals surface area contributed by atoms with Crippen molar-refractivity contribution < 1.29 is 22.7 Å². The van der Waals surface area contributed by atoms with Crippen molar-refractivity contribution in [3.63, 3.8) is 0 Å². The van der Waals surface area contributed by atoms with Gasteiger partial charge in [-0.25, -0.2) is 14.7 Å². The van der Waals surface area contributed by atoms with Crippen molar-refractivity contribution in [1.82, 2.24) is 5.32 Å². The number of nitrogens with one attached hydrogen (secondary N) is 1. The number of hydrogen-bond donors (Lipinski definition) is 1. The van der Waals surface area contributed by atoms with Gasteiger partial charge in [-0.2, -0.15) is 13.2 Å². The molecule has 5 nitrogen and oxygen atoms in total. The van der Waals surface area contributed by atoms with Gasteiger partial charge in [0.15, 0.2) is 5.17 Å². The summed E-state index contributed by atoms with van der Waals surface area (Å²) in [4.78, 5) is 18.5. The van der Waals surface area contributed by atoms with E-state index >= 15 is 0 Å². The first-order chi connectivity index (χ1) is 13.2. The summed E-state index contributed by atoms with van der Waals surface area (Å²) in [5.74, 6) is 0.579. The summed E-state index contributed by atoms with van der Waals surface area (Å²) < 4.78 is 47.8. The van der Waals surface area contributed by atoms with E-state index in [1.807, 2.05) is 6.92 Å². The number of rotatable bonds is 3. The zero-order valence-electron chi connectivity index (χ0n) is 15.0. The molecule has 0 saturated carbocycles. The Morgan fingerprint density at radius 3 is 2.57 bits per heavy atom. The van der Waals surface area contributed by atoms with Crippen LogP contribution in [0.2, 0.25) is 0 Å². The number of carbonyl (C=O) groups is 1. The summed E-state index contributed by atoms with van der Waals surface area (Å²) in [6.45, 7) is 4.07. The topological polar surface area (TPSA) is 53.9 Å². The molecular weight excluding hydrogens is 391 g/mol. The van der Waals surface area contributed by atoms with Crippen LogP contribution in [0.5, 0.6) is 5.75 Å². The summed E-state index contributed by atoms with van der Waals surface area (Å²) in [5.41, 5.74) is -1.69. The second-order valence-corrected chi connectivity index (χ2v) is 7.41. The van der Waals surface area contributed by atoms with E-state index in [-0.39, 0.29) is 10.7 Å². The number of anilines is 1. The van der Waals surface area contributed by atoms with Crippen LogP contribution in [0.3, 0.4) is 0 Å². The number of halogens is 3. The summed E-state index contributed by atoms with van der Waals surface area (Å²) in [6.07, 6.45) is -4.82. The quantitative estimate of drug-likeness (QED) is 0.795. The first kappa shape index (κ1) is 18.7. The predicted molar refractivity (Wildman–Crippen MR) is 101 cm³/mol. The Morgan fingerprint density at radius 1 is 1.21 bits per heavy atom. The zero-order valence-corrected chi connectivity index (χ0v) is 15.8. The molecule has 0 unspecified atom stereocenters. The highest BCUT2D eigenvalue weighted by molar-refractivity contribution is 8.15. The molecule has 0 bridgehead atoms. The van der Waals surface area contributed by atoms with Crippen LogP contribution in [0.4, 0.5) is 23.7 Å². The van der Waals surface area contributed by atoms with E-state index < -0.39 is 17.9 Å². The maximum Gasteiger partial charge on any atom is 0.436 e. The van der Waals surface area contributed by atoms with Crippen molar-refractivity contribution in [3.05, 3.63) is 53.6 Å². The molecule has 146 valence electrons. The van der Waals surface area contributed by atoms with Gasteiger partial charge in [-0.1, -0.05) is 29.8 Å². The van der Waals surface area contributed by atoms with E-state index in [1.165, 1.54) is 12.1 Å². The Morgan fingerprint density at radius 2 is 1.93 bits per heavy atom. The molecule has 0 aliphatic carbocycles. The number of aliphatic imine (C=N–C) groups is 1. The maximum atomic E-state index is 14.1. The second kappa shape index (κ2) is 6.44. The van der Waals surface area contributed by atoms with Crippen LogP contribution in [0, 0.1) is 6.92 Å². The Labute approximate surface area is 163 Å². The zero-order chi connectivity index (χ0) is 20.1.